The lowest BCUT2D eigenvalue weighted by Gasteiger charge is -2.35. The predicted molar refractivity (Wildman–Crippen MR) is 97.9 cm³/mol. The van der Waals surface area contributed by atoms with Gasteiger partial charge in [-0.2, -0.15) is 18.3 Å². The van der Waals surface area contributed by atoms with Crippen molar-refractivity contribution in [3.05, 3.63) is 30.1 Å². The highest BCUT2D eigenvalue weighted by molar-refractivity contribution is 6.05. The van der Waals surface area contributed by atoms with Crippen LogP contribution in [0, 0.1) is 0 Å². The summed E-state index contributed by atoms with van der Waals surface area (Å²) in [6, 6.07) is 1.89. The number of carbonyl (C=O) groups is 2. The Morgan fingerprint density at radius 1 is 1.31 bits per heavy atom. The standard InChI is InChI=1S/C17H18F3N7O2/c1-9(17(18,19)20)22-15(28)11-2-3-12-14(23-11)27(10-5-7-26(12)8-10)16(29)24-13-4-6-21-25-13/h2-4,6,9-10H,5,7-8H2,1H3,(H,22,28)(H2,21,24,25,29)/t9?,10-/m0/s1. The largest absolute Gasteiger partial charge is 0.408 e. The molecule has 0 aliphatic carbocycles. The fourth-order valence-corrected chi connectivity index (χ4v) is 3.45. The Bertz CT molecular complexity index is 932. The zero-order valence-electron chi connectivity index (χ0n) is 15.3. The Kier molecular flexibility index (Phi) is 4.55. The molecule has 1 fully saturated rings. The summed E-state index contributed by atoms with van der Waals surface area (Å²) in [6.45, 7) is 2.17. The Hall–Kier alpha value is -3.31. The molecular formula is C17H18F3N7O2. The molecule has 0 radical (unpaired) electrons. The monoisotopic (exact) mass is 409 g/mol. The summed E-state index contributed by atoms with van der Waals surface area (Å²) in [5.41, 5.74) is 0.455. The number of rotatable bonds is 3. The molecule has 2 aliphatic rings. The molecule has 1 unspecified atom stereocenters. The topological polar surface area (TPSA) is 106 Å². The molecule has 0 spiro atoms. The number of fused-ring (bicyclic) bond motifs is 4. The second kappa shape index (κ2) is 6.94. The van der Waals surface area contributed by atoms with E-state index in [1.54, 1.807) is 18.3 Å². The third-order valence-corrected chi connectivity index (χ3v) is 4.98. The summed E-state index contributed by atoms with van der Waals surface area (Å²) in [7, 11) is 0. The van der Waals surface area contributed by atoms with Crippen molar-refractivity contribution < 1.29 is 22.8 Å². The average molecular weight is 409 g/mol. The van der Waals surface area contributed by atoms with Crippen LogP contribution < -0.4 is 20.4 Å². The number of carbonyl (C=O) groups excluding carboxylic acids is 2. The minimum atomic E-state index is -4.57. The normalized spacial score (nSPS) is 19.0. The van der Waals surface area contributed by atoms with Crippen molar-refractivity contribution in [2.45, 2.75) is 31.6 Å². The number of nitrogens with one attached hydrogen (secondary N) is 3. The minimum absolute atomic E-state index is 0.165. The first-order valence-electron chi connectivity index (χ1n) is 8.97. The summed E-state index contributed by atoms with van der Waals surface area (Å²) < 4.78 is 38.2. The summed E-state index contributed by atoms with van der Waals surface area (Å²) in [4.78, 5) is 32.8. The number of hydrogen-bond donors (Lipinski definition) is 3. The first-order valence-corrected chi connectivity index (χ1v) is 8.97. The highest BCUT2D eigenvalue weighted by atomic mass is 19.4. The first-order chi connectivity index (χ1) is 13.7. The van der Waals surface area contributed by atoms with Crippen LogP contribution in [0.1, 0.15) is 23.8 Å². The zero-order valence-corrected chi connectivity index (χ0v) is 15.3. The maximum absolute atomic E-state index is 12.9. The van der Waals surface area contributed by atoms with Gasteiger partial charge in [-0.15, -0.1) is 0 Å². The van der Waals surface area contributed by atoms with E-state index in [1.807, 2.05) is 10.2 Å². The molecule has 4 rings (SSSR count). The predicted octanol–water partition coefficient (Wildman–Crippen LogP) is 2.12. The molecular weight excluding hydrogens is 391 g/mol. The Balaban J connectivity index is 1.63. The van der Waals surface area contributed by atoms with Crippen molar-refractivity contribution in [1.82, 2.24) is 20.5 Å². The van der Waals surface area contributed by atoms with Gasteiger partial charge in [-0.1, -0.05) is 0 Å². The van der Waals surface area contributed by atoms with E-state index in [2.05, 4.69) is 20.5 Å². The van der Waals surface area contributed by atoms with Crippen molar-refractivity contribution >= 4 is 29.3 Å². The van der Waals surface area contributed by atoms with Crippen LogP contribution >= 0.6 is 0 Å². The third kappa shape index (κ3) is 3.57. The second-order valence-corrected chi connectivity index (χ2v) is 6.92. The van der Waals surface area contributed by atoms with Gasteiger partial charge in [0.25, 0.3) is 5.91 Å². The van der Waals surface area contributed by atoms with Crippen molar-refractivity contribution in [2.75, 3.05) is 28.2 Å². The minimum Gasteiger partial charge on any atom is -0.366 e. The number of nitrogens with zero attached hydrogens (tertiary/aromatic N) is 4. The van der Waals surface area contributed by atoms with E-state index in [0.717, 1.165) is 6.92 Å². The molecule has 154 valence electrons. The Labute approximate surface area is 163 Å². The quantitative estimate of drug-likeness (QED) is 0.720. The molecule has 0 aromatic carbocycles. The molecule has 2 aliphatic heterocycles. The molecule has 29 heavy (non-hydrogen) atoms. The van der Waals surface area contributed by atoms with Crippen molar-refractivity contribution in [1.29, 1.82) is 0 Å². The van der Waals surface area contributed by atoms with E-state index in [9.17, 15) is 22.8 Å². The lowest BCUT2D eigenvalue weighted by Crippen LogP contribution is -2.49. The van der Waals surface area contributed by atoms with Gasteiger partial charge in [0, 0.05) is 25.4 Å². The number of alkyl halides is 3. The molecule has 12 heteroatoms. The number of H-pyrrole nitrogens is 1. The molecule has 3 N–H and O–H groups in total. The van der Waals surface area contributed by atoms with Crippen LogP contribution in [0.3, 0.4) is 0 Å². The van der Waals surface area contributed by atoms with E-state index in [-0.39, 0.29) is 17.6 Å². The van der Waals surface area contributed by atoms with E-state index in [1.165, 1.54) is 11.0 Å². The van der Waals surface area contributed by atoms with Crippen LogP contribution in [0.4, 0.5) is 35.3 Å². The maximum Gasteiger partial charge on any atom is 0.408 e. The molecule has 0 saturated carbocycles. The van der Waals surface area contributed by atoms with Crippen LogP contribution in [0.15, 0.2) is 24.4 Å². The van der Waals surface area contributed by atoms with Gasteiger partial charge >= 0.3 is 12.2 Å². The summed E-state index contributed by atoms with van der Waals surface area (Å²) in [5.74, 6) is -0.401. The molecule has 2 atom stereocenters. The van der Waals surface area contributed by atoms with Gasteiger partial charge in [-0.3, -0.25) is 20.1 Å². The van der Waals surface area contributed by atoms with E-state index in [0.29, 0.717) is 31.0 Å². The van der Waals surface area contributed by atoms with Gasteiger partial charge in [0.15, 0.2) is 11.6 Å². The van der Waals surface area contributed by atoms with Gasteiger partial charge in [0.05, 0.1) is 11.7 Å². The van der Waals surface area contributed by atoms with Crippen molar-refractivity contribution in [3.8, 4) is 0 Å². The van der Waals surface area contributed by atoms with E-state index < -0.39 is 24.2 Å². The van der Waals surface area contributed by atoms with Gasteiger partial charge < -0.3 is 10.2 Å². The van der Waals surface area contributed by atoms with Crippen LogP contribution in [0.5, 0.6) is 0 Å². The van der Waals surface area contributed by atoms with Crippen LogP contribution in [0.2, 0.25) is 0 Å². The molecule has 3 amide bonds. The van der Waals surface area contributed by atoms with Crippen molar-refractivity contribution in [2.24, 2.45) is 0 Å². The number of hydrogen-bond acceptors (Lipinski definition) is 5. The number of urea groups is 1. The van der Waals surface area contributed by atoms with Crippen LogP contribution in [-0.4, -0.2) is 58.5 Å². The summed E-state index contributed by atoms with van der Waals surface area (Å²) in [5, 5.41) is 11.0. The van der Waals surface area contributed by atoms with Gasteiger partial charge in [-0.25, -0.2) is 9.78 Å². The van der Waals surface area contributed by atoms with Crippen LogP contribution in [0.25, 0.3) is 0 Å². The number of pyridine rings is 1. The maximum atomic E-state index is 12.9. The van der Waals surface area contributed by atoms with Gasteiger partial charge in [-0.05, 0) is 25.5 Å². The van der Waals surface area contributed by atoms with Crippen LogP contribution in [-0.2, 0) is 0 Å². The fourth-order valence-electron chi connectivity index (χ4n) is 3.45. The highest BCUT2D eigenvalue weighted by Crippen LogP contribution is 2.39. The van der Waals surface area contributed by atoms with Gasteiger partial charge in [0.1, 0.15) is 11.7 Å². The van der Waals surface area contributed by atoms with E-state index in [4.69, 9.17) is 0 Å². The Morgan fingerprint density at radius 3 is 2.79 bits per heavy atom. The smallest absolute Gasteiger partial charge is 0.366 e. The zero-order chi connectivity index (χ0) is 20.8. The fraction of sp³-hybridized carbons (Fsp3) is 0.412. The third-order valence-electron chi connectivity index (χ3n) is 4.98. The molecule has 4 heterocycles. The second-order valence-electron chi connectivity index (χ2n) is 6.92. The number of aromatic nitrogens is 3. The lowest BCUT2D eigenvalue weighted by atomic mass is 10.1. The molecule has 2 aromatic rings. The molecule has 2 bridgehead atoms. The van der Waals surface area contributed by atoms with Gasteiger partial charge in [0.2, 0.25) is 0 Å². The summed E-state index contributed by atoms with van der Waals surface area (Å²) in [6.07, 6.45) is -2.30. The number of amides is 3. The van der Waals surface area contributed by atoms with Crippen molar-refractivity contribution in [3.63, 3.8) is 0 Å². The van der Waals surface area contributed by atoms with E-state index >= 15 is 0 Å². The molecule has 2 aromatic heterocycles. The number of aromatic amines is 1. The summed E-state index contributed by atoms with van der Waals surface area (Å²) >= 11 is 0. The Morgan fingerprint density at radius 2 is 2.10 bits per heavy atom. The first kappa shape index (κ1) is 19.0. The lowest BCUT2D eigenvalue weighted by molar-refractivity contribution is -0.149. The highest BCUT2D eigenvalue weighted by Gasteiger charge is 2.41. The number of anilines is 3. The SMILES string of the molecule is CC(NC(=O)c1ccc2c(n1)N(C(=O)Nc1cc[nH]n1)[C@H]1CCN2C1)C(F)(F)F. The number of halogens is 3. The molecule has 9 nitrogen and oxygen atoms in total. The average Bonchev–Trinajstić information content (AvgIpc) is 3.31. The molecule has 1 saturated heterocycles.